The highest BCUT2D eigenvalue weighted by molar-refractivity contribution is 5.37. The molecule has 4 rings (SSSR count). The molecule has 2 saturated heterocycles. The van der Waals surface area contributed by atoms with Gasteiger partial charge in [0.1, 0.15) is 11.6 Å². The van der Waals surface area contributed by atoms with Crippen molar-refractivity contribution in [3.8, 4) is 5.75 Å². The van der Waals surface area contributed by atoms with E-state index in [0.29, 0.717) is 43.7 Å². The van der Waals surface area contributed by atoms with Crippen LogP contribution in [0.5, 0.6) is 5.75 Å². The number of fused-ring (bicyclic) bond motifs is 2. The molecule has 0 spiro atoms. The highest BCUT2D eigenvalue weighted by atomic mass is 19.1. The Hall–Kier alpha value is -1.95. The molecule has 2 atom stereocenters. The van der Waals surface area contributed by atoms with Crippen molar-refractivity contribution in [2.75, 3.05) is 13.7 Å². The summed E-state index contributed by atoms with van der Waals surface area (Å²) in [5, 5.41) is 11.3. The Morgan fingerprint density at radius 2 is 1.90 bits per heavy atom. The molecular formula is C24H30FNO3. The number of rotatable bonds is 7. The summed E-state index contributed by atoms with van der Waals surface area (Å²) in [5.41, 5.74) is 2.06. The van der Waals surface area contributed by atoms with Crippen molar-refractivity contribution >= 4 is 0 Å². The van der Waals surface area contributed by atoms with Crippen LogP contribution in [0.4, 0.5) is 4.39 Å². The summed E-state index contributed by atoms with van der Waals surface area (Å²) < 4.78 is 24.8. The second-order valence-electron chi connectivity index (χ2n) is 8.29. The van der Waals surface area contributed by atoms with E-state index in [1.54, 1.807) is 13.2 Å². The van der Waals surface area contributed by atoms with E-state index < -0.39 is 5.60 Å². The Morgan fingerprint density at radius 1 is 1.14 bits per heavy atom. The van der Waals surface area contributed by atoms with Crippen molar-refractivity contribution in [3.63, 3.8) is 0 Å². The molecule has 2 heterocycles. The van der Waals surface area contributed by atoms with Gasteiger partial charge in [-0.2, -0.15) is 0 Å². The Bertz CT molecular complexity index is 842. The standard InChI is InChI=1S/C24H30FNO3/c1-3-29-16-18-11-17(7-10-23(18)28-2)15-26-21-8-9-22(26)14-24(27,13-21)19-5-4-6-20(25)12-19/h4-7,10-12,21-22,27H,3,8-9,13-16H2,1-2H3/t21-,22-/m0/s1. The van der Waals surface area contributed by atoms with Crippen molar-refractivity contribution in [3.05, 3.63) is 65.0 Å². The number of aliphatic hydroxyl groups is 1. The van der Waals surface area contributed by atoms with Crippen LogP contribution in [0.1, 0.15) is 49.3 Å². The summed E-state index contributed by atoms with van der Waals surface area (Å²) in [5.74, 6) is 0.565. The van der Waals surface area contributed by atoms with Gasteiger partial charge in [-0.15, -0.1) is 0 Å². The third kappa shape index (κ3) is 4.18. The van der Waals surface area contributed by atoms with Crippen LogP contribution < -0.4 is 4.74 Å². The van der Waals surface area contributed by atoms with Gasteiger partial charge in [0.2, 0.25) is 0 Å². The van der Waals surface area contributed by atoms with E-state index in [9.17, 15) is 9.50 Å². The van der Waals surface area contributed by atoms with Crippen molar-refractivity contribution in [1.29, 1.82) is 0 Å². The highest BCUT2D eigenvalue weighted by Gasteiger charge is 2.48. The van der Waals surface area contributed by atoms with E-state index in [1.165, 1.54) is 17.7 Å². The van der Waals surface area contributed by atoms with E-state index in [-0.39, 0.29) is 5.82 Å². The van der Waals surface area contributed by atoms with Crippen LogP contribution in [0.3, 0.4) is 0 Å². The Morgan fingerprint density at radius 3 is 2.55 bits per heavy atom. The number of ether oxygens (including phenoxy) is 2. The van der Waals surface area contributed by atoms with E-state index in [2.05, 4.69) is 17.0 Å². The number of nitrogens with zero attached hydrogens (tertiary/aromatic N) is 1. The van der Waals surface area contributed by atoms with Gasteiger partial charge in [0, 0.05) is 30.8 Å². The van der Waals surface area contributed by atoms with Gasteiger partial charge in [0.05, 0.1) is 19.3 Å². The first-order valence-electron chi connectivity index (χ1n) is 10.5. The Kier molecular flexibility index (Phi) is 5.91. The molecule has 0 unspecified atom stereocenters. The first kappa shape index (κ1) is 20.3. The largest absolute Gasteiger partial charge is 0.496 e. The molecule has 2 aromatic carbocycles. The topological polar surface area (TPSA) is 41.9 Å². The van der Waals surface area contributed by atoms with E-state index in [4.69, 9.17) is 9.47 Å². The number of hydrogen-bond acceptors (Lipinski definition) is 4. The van der Waals surface area contributed by atoms with Gasteiger partial charge in [-0.3, -0.25) is 4.90 Å². The Labute approximate surface area is 172 Å². The second-order valence-corrected chi connectivity index (χ2v) is 8.29. The number of methoxy groups -OCH3 is 1. The van der Waals surface area contributed by atoms with E-state index >= 15 is 0 Å². The predicted molar refractivity (Wildman–Crippen MR) is 110 cm³/mol. The lowest BCUT2D eigenvalue weighted by Gasteiger charge is -2.44. The summed E-state index contributed by atoms with van der Waals surface area (Å²) in [7, 11) is 1.68. The fourth-order valence-corrected chi connectivity index (χ4v) is 5.05. The molecule has 4 nitrogen and oxygen atoms in total. The van der Waals surface area contributed by atoms with Crippen LogP contribution in [0, 0.1) is 5.82 Å². The normalized spacial score (nSPS) is 26.6. The van der Waals surface area contributed by atoms with Gasteiger partial charge in [-0.05, 0) is 68.0 Å². The van der Waals surface area contributed by atoms with Gasteiger partial charge in [-0.1, -0.05) is 18.2 Å². The lowest BCUT2D eigenvalue weighted by molar-refractivity contribution is -0.0596. The van der Waals surface area contributed by atoms with Crippen LogP contribution in [0.25, 0.3) is 0 Å². The molecule has 1 N–H and O–H groups in total. The van der Waals surface area contributed by atoms with Crippen LogP contribution >= 0.6 is 0 Å². The van der Waals surface area contributed by atoms with Gasteiger partial charge in [0.25, 0.3) is 0 Å². The van der Waals surface area contributed by atoms with Crippen LogP contribution in [-0.2, 0) is 23.5 Å². The quantitative estimate of drug-likeness (QED) is 0.750. The number of benzene rings is 2. The molecule has 156 valence electrons. The minimum absolute atomic E-state index is 0.286. The number of hydrogen-bond donors (Lipinski definition) is 1. The molecule has 2 aliphatic rings. The molecule has 2 aromatic rings. The molecule has 0 saturated carbocycles. The summed E-state index contributed by atoms with van der Waals surface area (Å²) in [6.45, 7) is 4.04. The monoisotopic (exact) mass is 399 g/mol. The first-order valence-corrected chi connectivity index (χ1v) is 10.5. The molecule has 0 radical (unpaired) electrons. The molecule has 2 aliphatic heterocycles. The molecule has 2 bridgehead atoms. The molecule has 2 fully saturated rings. The molecule has 0 aliphatic carbocycles. The van der Waals surface area contributed by atoms with Crippen molar-refractivity contribution in [2.24, 2.45) is 0 Å². The van der Waals surface area contributed by atoms with Crippen LogP contribution in [0.15, 0.2) is 42.5 Å². The average Bonchev–Trinajstić information content (AvgIpc) is 2.96. The lowest BCUT2D eigenvalue weighted by atomic mass is 9.80. The van der Waals surface area contributed by atoms with Gasteiger partial charge in [-0.25, -0.2) is 4.39 Å². The van der Waals surface area contributed by atoms with Crippen molar-refractivity contribution < 1.29 is 19.0 Å². The molecule has 29 heavy (non-hydrogen) atoms. The SMILES string of the molecule is CCOCc1cc(CN2[C@H]3CC[C@H]2CC(O)(c2cccc(F)c2)C3)ccc1OC. The van der Waals surface area contributed by atoms with E-state index in [0.717, 1.165) is 30.7 Å². The van der Waals surface area contributed by atoms with Crippen molar-refractivity contribution in [2.45, 2.75) is 63.4 Å². The van der Waals surface area contributed by atoms with Gasteiger partial charge < -0.3 is 14.6 Å². The zero-order valence-electron chi connectivity index (χ0n) is 17.2. The highest BCUT2D eigenvalue weighted by Crippen LogP contribution is 2.46. The fraction of sp³-hybridized carbons (Fsp3) is 0.500. The average molecular weight is 400 g/mol. The molecule has 0 amide bonds. The zero-order valence-corrected chi connectivity index (χ0v) is 17.2. The summed E-state index contributed by atoms with van der Waals surface area (Å²) in [4.78, 5) is 2.51. The second kappa shape index (κ2) is 8.42. The minimum Gasteiger partial charge on any atom is -0.496 e. The molecule has 0 aromatic heterocycles. The summed E-state index contributed by atoms with van der Waals surface area (Å²) in [6, 6.07) is 13.4. The summed E-state index contributed by atoms with van der Waals surface area (Å²) >= 11 is 0. The molecule has 5 heteroatoms. The van der Waals surface area contributed by atoms with E-state index in [1.807, 2.05) is 19.1 Å². The smallest absolute Gasteiger partial charge is 0.124 e. The maximum atomic E-state index is 13.7. The Balaban J connectivity index is 1.51. The summed E-state index contributed by atoms with van der Waals surface area (Å²) in [6.07, 6.45) is 3.44. The van der Waals surface area contributed by atoms with Gasteiger partial charge >= 0.3 is 0 Å². The maximum Gasteiger partial charge on any atom is 0.124 e. The third-order valence-electron chi connectivity index (χ3n) is 6.45. The predicted octanol–water partition coefficient (Wildman–Crippen LogP) is 4.39. The van der Waals surface area contributed by atoms with Crippen LogP contribution in [-0.4, -0.2) is 35.8 Å². The first-order chi connectivity index (χ1) is 14.0. The number of halogens is 1. The maximum absolute atomic E-state index is 13.7. The number of piperidine rings is 1. The zero-order chi connectivity index (χ0) is 20.4. The van der Waals surface area contributed by atoms with Crippen LogP contribution in [0.2, 0.25) is 0 Å². The molecular weight excluding hydrogens is 369 g/mol. The van der Waals surface area contributed by atoms with Gasteiger partial charge in [0.15, 0.2) is 0 Å². The fourth-order valence-electron chi connectivity index (χ4n) is 5.05. The lowest BCUT2D eigenvalue weighted by Crippen LogP contribution is -2.49. The third-order valence-corrected chi connectivity index (χ3v) is 6.45. The van der Waals surface area contributed by atoms with Crippen molar-refractivity contribution in [1.82, 2.24) is 4.90 Å². The minimum atomic E-state index is -0.940.